The number of nitrogens with zero attached hydrogens (tertiary/aromatic N) is 2. The summed E-state index contributed by atoms with van der Waals surface area (Å²) >= 11 is 5.54. The van der Waals surface area contributed by atoms with Crippen LogP contribution in [0.5, 0.6) is 0 Å². The largest absolute Gasteiger partial charge is 0.257 e. The van der Waals surface area contributed by atoms with E-state index in [1.165, 1.54) is 0 Å². The molecule has 0 N–H and O–H groups in total. The fourth-order valence-electron chi connectivity index (χ4n) is 0.391. The quantitative estimate of drug-likeness (QED) is 0.586. The zero-order chi connectivity index (χ0) is 5.98. The van der Waals surface area contributed by atoms with E-state index in [-0.39, 0.29) is 12.4 Å². The molecule has 0 aliphatic carbocycles. The number of aromatic nitrogens is 2. The highest BCUT2D eigenvalue weighted by Crippen LogP contribution is 2.04. The minimum Gasteiger partial charge on any atom is -0.257 e. The lowest BCUT2D eigenvalue weighted by Crippen LogP contribution is -1.82. The number of halogens is 2. The first kappa shape index (κ1) is 8.66. The molecule has 1 rings (SSSR count). The van der Waals surface area contributed by atoms with Gasteiger partial charge >= 0.3 is 0 Å². The summed E-state index contributed by atoms with van der Waals surface area (Å²) in [6.45, 7) is 1.81. The van der Waals surface area contributed by atoms with E-state index in [0.29, 0.717) is 5.15 Å². The maximum atomic E-state index is 5.54. The molecule has 4 heteroatoms. The lowest BCUT2D eigenvalue weighted by Gasteiger charge is -1.89. The van der Waals surface area contributed by atoms with E-state index in [0.717, 1.165) is 5.69 Å². The monoisotopic (exact) mass is 164 g/mol. The molecule has 1 aromatic heterocycles. The van der Waals surface area contributed by atoms with Crippen molar-refractivity contribution in [2.75, 3.05) is 0 Å². The average Bonchev–Trinajstić information content (AvgIpc) is 1.77. The van der Waals surface area contributed by atoms with Crippen molar-refractivity contribution < 1.29 is 0 Å². The molecule has 0 bridgehead atoms. The average molecular weight is 165 g/mol. The molecule has 2 nitrogen and oxygen atoms in total. The maximum absolute atomic E-state index is 5.54. The summed E-state index contributed by atoms with van der Waals surface area (Å²) in [4.78, 5) is 7.67. The highest BCUT2D eigenvalue weighted by atomic mass is 35.5. The van der Waals surface area contributed by atoms with Crippen molar-refractivity contribution in [3.8, 4) is 0 Å². The van der Waals surface area contributed by atoms with Gasteiger partial charge in [0, 0.05) is 12.4 Å². The van der Waals surface area contributed by atoms with E-state index in [1.807, 2.05) is 6.92 Å². The van der Waals surface area contributed by atoms with Crippen LogP contribution >= 0.6 is 24.0 Å². The third kappa shape index (κ3) is 2.16. The van der Waals surface area contributed by atoms with Crippen LogP contribution in [-0.2, 0) is 0 Å². The summed E-state index contributed by atoms with van der Waals surface area (Å²) in [5.74, 6) is 0. The maximum Gasteiger partial charge on any atom is 0.150 e. The topological polar surface area (TPSA) is 25.8 Å². The van der Waals surface area contributed by atoms with Crippen LogP contribution in [0.2, 0.25) is 5.15 Å². The van der Waals surface area contributed by atoms with Crippen molar-refractivity contribution in [1.29, 1.82) is 0 Å². The minimum atomic E-state index is 0. The Hall–Kier alpha value is -0.340. The van der Waals surface area contributed by atoms with Crippen molar-refractivity contribution in [3.63, 3.8) is 0 Å². The standard InChI is InChI=1S/C5H5ClN2.ClH/c1-4-5(6)8-3-2-7-4;/h2-3H,1H3;1H. The number of aryl methyl sites for hydroxylation is 1. The summed E-state index contributed by atoms with van der Waals surface area (Å²) in [5.41, 5.74) is 0.772. The molecule has 9 heavy (non-hydrogen) atoms. The van der Waals surface area contributed by atoms with Gasteiger partial charge in [0.1, 0.15) is 5.15 Å². The van der Waals surface area contributed by atoms with Crippen LogP contribution in [0.3, 0.4) is 0 Å². The second-order valence-electron chi connectivity index (χ2n) is 1.43. The first-order valence-corrected chi connectivity index (χ1v) is 2.61. The lowest BCUT2D eigenvalue weighted by atomic mass is 10.5. The normalized spacial score (nSPS) is 8.22. The van der Waals surface area contributed by atoms with E-state index in [9.17, 15) is 0 Å². The predicted molar refractivity (Wildman–Crippen MR) is 39.0 cm³/mol. The molecule has 0 aliphatic heterocycles. The van der Waals surface area contributed by atoms with Gasteiger partial charge in [-0.2, -0.15) is 0 Å². The van der Waals surface area contributed by atoms with Gasteiger partial charge in [0.2, 0.25) is 0 Å². The molecule has 0 aromatic carbocycles. The number of rotatable bonds is 0. The summed E-state index contributed by atoms with van der Waals surface area (Å²) in [6, 6.07) is 0. The molecule has 0 amide bonds. The van der Waals surface area contributed by atoms with Crippen molar-refractivity contribution >= 4 is 24.0 Å². The molecule has 0 unspecified atom stereocenters. The Labute approximate surface area is 64.7 Å². The van der Waals surface area contributed by atoms with Gasteiger partial charge in [0.15, 0.2) is 0 Å². The molecule has 1 aromatic rings. The van der Waals surface area contributed by atoms with Crippen molar-refractivity contribution in [1.82, 2.24) is 9.97 Å². The molecular formula is C5H6Cl2N2. The van der Waals surface area contributed by atoms with E-state index in [4.69, 9.17) is 11.6 Å². The molecule has 0 aliphatic rings. The molecule has 0 spiro atoms. The third-order valence-electron chi connectivity index (χ3n) is 0.821. The fraction of sp³-hybridized carbons (Fsp3) is 0.200. The third-order valence-corrected chi connectivity index (χ3v) is 1.19. The van der Waals surface area contributed by atoms with Crippen LogP contribution in [0.4, 0.5) is 0 Å². The van der Waals surface area contributed by atoms with Crippen LogP contribution < -0.4 is 0 Å². The molecule has 1 heterocycles. The van der Waals surface area contributed by atoms with E-state index in [2.05, 4.69) is 9.97 Å². The van der Waals surface area contributed by atoms with E-state index in [1.54, 1.807) is 12.4 Å². The zero-order valence-corrected chi connectivity index (χ0v) is 6.41. The molecule has 0 radical (unpaired) electrons. The van der Waals surface area contributed by atoms with E-state index >= 15 is 0 Å². The minimum absolute atomic E-state index is 0. The fourth-order valence-corrected chi connectivity index (χ4v) is 0.496. The van der Waals surface area contributed by atoms with Gasteiger partial charge in [0.25, 0.3) is 0 Å². The van der Waals surface area contributed by atoms with Gasteiger partial charge in [-0.15, -0.1) is 12.4 Å². The highest BCUT2D eigenvalue weighted by molar-refractivity contribution is 6.29. The van der Waals surface area contributed by atoms with Crippen LogP contribution in [0.25, 0.3) is 0 Å². The predicted octanol–water partition coefficient (Wildman–Crippen LogP) is 1.86. The van der Waals surface area contributed by atoms with Gasteiger partial charge in [-0.25, -0.2) is 4.98 Å². The first-order valence-electron chi connectivity index (χ1n) is 2.24. The van der Waals surface area contributed by atoms with E-state index < -0.39 is 0 Å². The van der Waals surface area contributed by atoms with Crippen molar-refractivity contribution in [2.24, 2.45) is 0 Å². The van der Waals surface area contributed by atoms with Gasteiger partial charge in [-0.3, -0.25) is 4.98 Å². The highest BCUT2D eigenvalue weighted by Gasteiger charge is 1.90. The summed E-state index contributed by atoms with van der Waals surface area (Å²) in [6.07, 6.45) is 3.18. The summed E-state index contributed by atoms with van der Waals surface area (Å²) < 4.78 is 0. The van der Waals surface area contributed by atoms with Crippen LogP contribution in [0.15, 0.2) is 12.4 Å². The Balaban J connectivity index is 0.000000640. The van der Waals surface area contributed by atoms with Crippen LogP contribution in [-0.4, -0.2) is 9.97 Å². The van der Waals surface area contributed by atoms with Gasteiger partial charge in [-0.1, -0.05) is 11.6 Å². The SMILES string of the molecule is Cc1nccnc1Cl.Cl. The Morgan fingerprint density at radius 2 is 1.89 bits per heavy atom. The van der Waals surface area contributed by atoms with Gasteiger partial charge in [-0.05, 0) is 6.92 Å². The molecule has 0 saturated carbocycles. The molecule has 0 atom stereocenters. The van der Waals surface area contributed by atoms with Crippen molar-refractivity contribution in [2.45, 2.75) is 6.92 Å². The summed E-state index contributed by atoms with van der Waals surface area (Å²) in [5, 5.41) is 0.479. The lowest BCUT2D eigenvalue weighted by molar-refractivity contribution is 1.12. The second kappa shape index (κ2) is 3.64. The first-order chi connectivity index (χ1) is 3.80. The molecule has 0 fully saturated rings. The zero-order valence-electron chi connectivity index (χ0n) is 4.84. The van der Waals surface area contributed by atoms with Crippen LogP contribution in [0, 0.1) is 6.92 Å². The molecular weight excluding hydrogens is 159 g/mol. The molecule has 50 valence electrons. The Morgan fingerprint density at radius 3 is 2.22 bits per heavy atom. The molecule has 0 saturated heterocycles. The van der Waals surface area contributed by atoms with Crippen molar-refractivity contribution in [3.05, 3.63) is 23.2 Å². The Bertz CT molecular complexity index is 169. The summed E-state index contributed by atoms with van der Waals surface area (Å²) in [7, 11) is 0. The van der Waals surface area contributed by atoms with Crippen LogP contribution in [0.1, 0.15) is 5.69 Å². The number of hydrogen-bond donors (Lipinski definition) is 0. The van der Waals surface area contributed by atoms with Gasteiger partial charge in [0.05, 0.1) is 5.69 Å². The second-order valence-corrected chi connectivity index (χ2v) is 1.79. The van der Waals surface area contributed by atoms with Gasteiger partial charge < -0.3 is 0 Å². The number of hydrogen-bond acceptors (Lipinski definition) is 2. The smallest absolute Gasteiger partial charge is 0.150 e. The Kier molecular flexibility index (Phi) is 3.50. The Morgan fingerprint density at radius 1 is 1.33 bits per heavy atom.